The van der Waals surface area contributed by atoms with E-state index in [9.17, 15) is 8.42 Å². The molecule has 1 unspecified atom stereocenters. The maximum absolute atomic E-state index is 10.9. The lowest BCUT2D eigenvalue weighted by atomic mass is 10.4. The zero-order valence-corrected chi connectivity index (χ0v) is 6.89. The van der Waals surface area contributed by atoms with E-state index in [0.717, 1.165) is 13.0 Å². The first-order chi connectivity index (χ1) is 4.50. The molecule has 0 aromatic carbocycles. The van der Waals surface area contributed by atoms with E-state index >= 15 is 0 Å². The van der Waals surface area contributed by atoms with Crippen molar-refractivity contribution in [3.8, 4) is 0 Å². The van der Waals surface area contributed by atoms with Gasteiger partial charge in [-0.05, 0) is 13.0 Å². The third kappa shape index (κ3) is 1.70. The summed E-state index contributed by atoms with van der Waals surface area (Å²) in [6, 6.07) is 0. The number of hydrogen-bond donors (Lipinski definition) is 0. The molecule has 0 spiro atoms. The van der Waals surface area contributed by atoms with Crippen LogP contribution >= 0.6 is 0 Å². The number of rotatable bonds is 1. The zero-order chi connectivity index (χ0) is 7.78. The fraction of sp³-hybridized carbons (Fsp3) is 0.833. The summed E-state index contributed by atoms with van der Waals surface area (Å²) in [5.41, 5.74) is 0. The van der Waals surface area contributed by atoms with Crippen LogP contribution in [0.5, 0.6) is 0 Å². The molecule has 1 aliphatic rings. The molecule has 0 N–H and O–H groups in total. The van der Waals surface area contributed by atoms with Gasteiger partial charge in [-0.25, -0.2) is 8.42 Å². The van der Waals surface area contributed by atoms with E-state index in [0.29, 0.717) is 6.54 Å². The molecule has 0 bridgehead atoms. The average molecular weight is 162 g/mol. The van der Waals surface area contributed by atoms with Crippen LogP contribution in [0.3, 0.4) is 0 Å². The van der Waals surface area contributed by atoms with Crippen LogP contribution in [-0.2, 0) is 9.84 Å². The molecule has 1 aliphatic heterocycles. The molecule has 1 atom stereocenters. The molecular formula is C6H12NO2S. The van der Waals surface area contributed by atoms with Gasteiger partial charge in [0.1, 0.15) is 0 Å². The molecular weight excluding hydrogens is 150 g/mol. The Labute approximate surface area is 61.9 Å². The third-order valence-corrected chi connectivity index (χ3v) is 3.43. The molecule has 0 aromatic heterocycles. The lowest BCUT2D eigenvalue weighted by molar-refractivity contribution is 0.460. The van der Waals surface area contributed by atoms with Gasteiger partial charge in [0.05, 0.1) is 5.25 Å². The molecule has 1 heterocycles. The maximum Gasteiger partial charge on any atom is 0.151 e. The van der Waals surface area contributed by atoms with Gasteiger partial charge in [-0.2, -0.15) is 0 Å². The summed E-state index contributed by atoms with van der Waals surface area (Å²) in [6.07, 6.45) is 2.03. The Morgan fingerprint density at radius 1 is 1.60 bits per heavy atom. The van der Waals surface area contributed by atoms with Crippen molar-refractivity contribution in [1.82, 2.24) is 4.90 Å². The molecule has 1 rings (SSSR count). The number of nitrogens with zero attached hydrogens (tertiary/aromatic N) is 1. The average Bonchev–Trinajstić information content (AvgIpc) is 2.11. The van der Waals surface area contributed by atoms with E-state index < -0.39 is 9.84 Å². The Hall–Kier alpha value is -0.0900. The van der Waals surface area contributed by atoms with Crippen LogP contribution < -0.4 is 0 Å². The summed E-state index contributed by atoms with van der Waals surface area (Å²) in [4.78, 5) is 1.80. The topological polar surface area (TPSA) is 37.4 Å². The summed E-state index contributed by atoms with van der Waals surface area (Å²) in [7, 11) is 0.853. The van der Waals surface area contributed by atoms with Gasteiger partial charge < -0.3 is 4.90 Å². The summed E-state index contributed by atoms with van der Waals surface area (Å²) < 4.78 is 21.8. The highest BCUT2D eigenvalue weighted by Crippen LogP contribution is 2.14. The van der Waals surface area contributed by atoms with Crippen LogP contribution in [0.15, 0.2) is 0 Å². The number of likely N-dealkylation sites (tertiary alicyclic amines) is 1. The van der Waals surface area contributed by atoms with Crippen LogP contribution in [-0.4, -0.2) is 37.9 Å². The Morgan fingerprint density at radius 2 is 2.20 bits per heavy atom. The van der Waals surface area contributed by atoms with Gasteiger partial charge >= 0.3 is 0 Å². The fourth-order valence-electron chi connectivity index (χ4n) is 1.15. The van der Waals surface area contributed by atoms with E-state index in [1.807, 2.05) is 0 Å². The Morgan fingerprint density at radius 3 is 2.40 bits per heavy atom. The molecule has 59 valence electrons. The summed E-state index contributed by atoms with van der Waals surface area (Å²) >= 11 is 0. The highest BCUT2D eigenvalue weighted by molar-refractivity contribution is 7.91. The summed E-state index contributed by atoms with van der Waals surface area (Å²) in [5.74, 6) is 0. The largest absolute Gasteiger partial charge is 0.301 e. The van der Waals surface area contributed by atoms with E-state index in [1.54, 1.807) is 4.90 Å². The van der Waals surface area contributed by atoms with Crippen molar-refractivity contribution in [2.24, 2.45) is 0 Å². The lowest BCUT2D eigenvalue weighted by Gasteiger charge is -2.06. The maximum atomic E-state index is 10.9. The van der Waals surface area contributed by atoms with E-state index in [4.69, 9.17) is 0 Å². The minimum absolute atomic E-state index is 0.176. The fourth-order valence-corrected chi connectivity index (χ4v) is 2.16. The molecule has 1 fully saturated rings. The Balaban J connectivity index is 2.62. The Bertz CT molecular complexity index is 210. The predicted molar refractivity (Wildman–Crippen MR) is 40.2 cm³/mol. The summed E-state index contributed by atoms with van der Waals surface area (Å²) in [5, 5.41) is -0.176. The van der Waals surface area contributed by atoms with Crippen LogP contribution in [0.2, 0.25) is 0 Å². The van der Waals surface area contributed by atoms with Crippen LogP contribution in [0, 0.1) is 7.05 Å². The van der Waals surface area contributed by atoms with E-state index in [1.165, 1.54) is 6.26 Å². The van der Waals surface area contributed by atoms with E-state index in [-0.39, 0.29) is 5.25 Å². The number of sulfone groups is 1. The minimum Gasteiger partial charge on any atom is -0.301 e. The second-order valence-corrected chi connectivity index (χ2v) is 5.14. The van der Waals surface area contributed by atoms with Crippen LogP contribution in [0.25, 0.3) is 0 Å². The van der Waals surface area contributed by atoms with Crippen molar-refractivity contribution in [2.45, 2.75) is 11.7 Å². The first kappa shape index (κ1) is 8.01. The smallest absolute Gasteiger partial charge is 0.151 e. The van der Waals surface area contributed by atoms with Crippen molar-refractivity contribution in [2.75, 3.05) is 19.3 Å². The second kappa shape index (κ2) is 2.51. The first-order valence-corrected chi connectivity index (χ1v) is 5.20. The molecule has 0 aromatic rings. The SMILES string of the molecule is [CH2]N1CCC(S(C)(=O)=O)C1. The second-order valence-electron chi connectivity index (χ2n) is 2.82. The monoisotopic (exact) mass is 162 g/mol. The molecule has 1 radical (unpaired) electrons. The first-order valence-electron chi connectivity index (χ1n) is 3.24. The van der Waals surface area contributed by atoms with Crippen molar-refractivity contribution in [1.29, 1.82) is 0 Å². The van der Waals surface area contributed by atoms with Crippen LogP contribution in [0.1, 0.15) is 6.42 Å². The van der Waals surface area contributed by atoms with Gasteiger partial charge in [0.25, 0.3) is 0 Å². The van der Waals surface area contributed by atoms with Gasteiger partial charge in [-0.3, -0.25) is 0 Å². The normalized spacial score (nSPS) is 29.2. The number of hydrogen-bond acceptors (Lipinski definition) is 3. The highest BCUT2D eigenvalue weighted by Gasteiger charge is 2.27. The molecule has 1 saturated heterocycles. The molecule has 0 aliphatic carbocycles. The third-order valence-electron chi connectivity index (χ3n) is 1.83. The lowest BCUT2D eigenvalue weighted by Crippen LogP contribution is -2.22. The van der Waals surface area contributed by atoms with Gasteiger partial charge in [-0.1, -0.05) is 0 Å². The molecule has 0 saturated carbocycles. The molecule has 0 amide bonds. The van der Waals surface area contributed by atoms with Crippen molar-refractivity contribution < 1.29 is 8.42 Å². The molecule has 3 nitrogen and oxygen atoms in total. The van der Waals surface area contributed by atoms with Crippen LogP contribution in [0.4, 0.5) is 0 Å². The highest BCUT2D eigenvalue weighted by atomic mass is 32.2. The van der Waals surface area contributed by atoms with Gasteiger partial charge in [-0.15, -0.1) is 0 Å². The molecule has 10 heavy (non-hydrogen) atoms. The molecule has 4 heteroatoms. The van der Waals surface area contributed by atoms with E-state index in [2.05, 4.69) is 7.05 Å². The predicted octanol–water partition coefficient (Wildman–Crippen LogP) is -0.103. The van der Waals surface area contributed by atoms with Crippen molar-refractivity contribution in [3.05, 3.63) is 7.05 Å². The Kier molecular flexibility index (Phi) is 2.01. The minimum atomic E-state index is -2.82. The quantitative estimate of drug-likeness (QED) is 0.540. The zero-order valence-electron chi connectivity index (χ0n) is 6.08. The van der Waals surface area contributed by atoms with Crippen molar-refractivity contribution in [3.63, 3.8) is 0 Å². The summed E-state index contributed by atoms with van der Waals surface area (Å²) in [6.45, 7) is 1.40. The van der Waals surface area contributed by atoms with Gasteiger partial charge in [0, 0.05) is 19.8 Å². The van der Waals surface area contributed by atoms with Gasteiger partial charge in [0.15, 0.2) is 9.84 Å². The van der Waals surface area contributed by atoms with Gasteiger partial charge in [0.2, 0.25) is 0 Å². The standard InChI is InChI=1S/C6H12NO2S/c1-7-4-3-6(5-7)10(2,8)9/h6H,1,3-5H2,2H3. The van der Waals surface area contributed by atoms with Crippen molar-refractivity contribution >= 4 is 9.84 Å².